The molecule has 2 saturated carbocycles. The minimum absolute atomic E-state index is 0.0238. The quantitative estimate of drug-likeness (QED) is 0.837. The van der Waals surface area contributed by atoms with Gasteiger partial charge < -0.3 is 10.4 Å². The summed E-state index contributed by atoms with van der Waals surface area (Å²) in [6.45, 7) is 6.47. The van der Waals surface area contributed by atoms with Gasteiger partial charge in [0.2, 0.25) is 5.91 Å². The summed E-state index contributed by atoms with van der Waals surface area (Å²) in [5, 5.41) is 12.5. The van der Waals surface area contributed by atoms with E-state index in [0.717, 1.165) is 12.8 Å². The van der Waals surface area contributed by atoms with Gasteiger partial charge >= 0.3 is 5.97 Å². The second-order valence-electron chi connectivity index (χ2n) is 7.44. The molecule has 21 heavy (non-hydrogen) atoms. The van der Waals surface area contributed by atoms with Crippen LogP contribution in [0.15, 0.2) is 0 Å². The first kappa shape index (κ1) is 16.3. The normalized spacial score (nSPS) is 36.7. The molecule has 1 amide bonds. The molecule has 5 atom stereocenters. The summed E-state index contributed by atoms with van der Waals surface area (Å²) in [5.74, 6) is -0.256. The molecule has 0 aromatic heterocycles. The molecule has 0 bridgehead atoms. The summed E-state index contributed by atoms with van der Waals surface area (Å²) in [4.78, 5) is 23.9. The molecule has 0 aliphatic heterocycles. The summed E-state index contributed by atoms with van der Waals surface area (Å²) in [7, 11) is 0. The minimum atomic E-state index is -0.816. The first-order valence-electron chi connectivity index (χ1n) is 8.43. The summed E-state index contributed by atoms with van der Waals surface area (Å²) in [6.07, 6.45) is 5.96. The van der Waals surface area contributed by atoms with Crippen LogP contribution in [0.4, 0.5) is 0 Å². The van der Waals surface area contributed by atoms with E-state index in [1.54, 1.807) is 0 Å². The maximum Gasteiger partial charge on any atom is 0.307 e. The third kappa shape index (κ3) is 3.78. The van der Waals surface area contributed by atoms with Crippen molar-refractivity contribution in [2.24, 2.45) is 29.6 Å². The first-order valence-corrected chi connectivity index (χ1v) is 8.43. The fourth-order valence-electron chi connectivity index (χ4n) is 4.28. The average Bonchev–Trinajstić information content (AvgIpc) is 2.81. The Balaban J connectivity index is 2.01. The van der Waals surface area contributed by atoms with Crippen molar-refractivity contribution < 1.29 is 14.7 Å². The number of aliphatic carboxylic acids is 1. The van der Waals surface area contributed by atoms with E-state index >= 15 is 0 Å². The lowest BCUT2D eigenvalue weighted by Gasteiger charge is -2.35. The van der Waals surface area contributed by atoms with E-state index in [1.165, 1.54) is 12.8 Å². The molecule has 2 fully saturated rings. The second kappa shape index (κ2) is 6.80. The van der Waals surface area contributed by atoms with Crippen LogP contribution in [0.1, 0.15) is 59.3 Å². The molecular weight excluding hydrogens is 266 g/mol. The number of carbonyl (C=O) groups is 2. The molecule has 0 saturated heterocycles. The van der Waals surface area contributed by atoms with Gasteiger partial charge in [-0.3, -0.25) is 9.59 Å². The van der Waals surface area contributed by atoms with Gasteiger partial charge in [0.15, 0.2) is 0 Å². The van der Waals surface area contributed by atoms with E-state index in [2.05, 4.69) is 19.2 Å². The minimum Gasteiger partial charge on any atom is -0.481 e. The maximum absolute atomic E-state index is 12.6. The molecule has 0 radical (unpaired) electrons. The average molecular weight is 295 g/mol. The predicted octanol–water partition coefficient (Wildman–Crippen LogP) is 3.06. The van der Waals surface area contributed by atoms with E-state index in [0.29, 0.717) is 30.6 Å². The molecule has 2 rings (SSSR count). The van der Waals surface area contributed by atoms with Crippen LogP contribution < -0.4 is 5.32 Å². The topological polar surface area (TPSA) is 66.4 Å². The Morgan fingerprint density at radius 3 is 2.33 bits per heavy atom. The lowest BCUT2D eigenvalue weighted by Crippen LogP contribution is -2.47. The molecule has 120 valence electrons. The fourth-order valence-corrected chi connectivity index (χ4v) is 4.28. The SMILES string of the molecule is CC1C[C@H](C(=O)NC2CCCCC2C(C)C)[C@H](C(=O)O)C1. The van der Waals surface area contributed by atoms with Gasteiger partial charge in [-0.05, 0) is 43.4 Å². The summed E-state index contributed by atoms with van der Waals surface area (Å²) in [5.41, 5.74) is 0. The zero-order valence-electron chi connectivity index (χ0n) is 13.5. The van der Waals surface area contributed by atoms with Crippen molar-refractivity contribution in [1.82, 2.24) is 5.32 Å². The van der Waals surface area contributed by atoms with E-state index in [1.807, 2.05) is 6.92 Å². The van der Waals surface area contributed by atoms with E-state index < -0.39 is 11.9 Å². The van der Waals surface area contributed by atoms with E-state index in [4.69, 9.17) is 0 Å². The van der Waals surface area contributed by atoms with Crippen LogP contribution in [0.3, 0.4) is 0 Å². The molecule has 0 heterocycles. The summed E-state index contributed by atoms with van der Waals surface area (Å²) in [6, 6.07) is 0.233. The van der Waals surface area contributed by atoms with Crippen molar-refractivity contribution in [1.29, 1.82) is 0 Å². The van der Waals surface area contributed by atoms with Gasteiger partial charge in [-0.15, -0.1) is 0 Å². The molecule has 0 aromatic carbocycles. The number of hydrogen-bond acceptors (Lipinski definition) is 2. The maximum atomic E-state index is 12.6. The van der Waals surface area contributed by atoms with Crippen molar-refractivity contribution in [3.05, 3.63) is 0 Å². The molecule has 2 aliphatic rings. The summed E-state index contributed by atoms with van der Waals surface area (Å²) >= 11 is 0. The monoisotopic (exact) mass is 295 g/mol. The van der Waals surface area contributed by atoms with Crippen molar-refractivity contribution >= 4 is 11.9 Å². The van der Waals surface area contributed by atoms with Crippen LogP contribution in [-0.4, -0.2) is 23.0 Å². The third-order valence-corrected chi connectivity index (χ3v) is 5.46. The number of amides is 1. The Morgan fingerprint density at radius 1 is 1.10 bits per heavy atom. The summed E-state index contributed by atoms with van der Waals surface area (Å²) < 4.78 is 0. The molecule has 0 aromatic rings. The number of carbonyl (C=O) groups excluding carboxylic acids is 1. The van der Waals surface area contributed by atoms with Crippen molar-refractivity contribution in [2.75, 3.05) is 0 Å². The van der Waals surface area contributed by atoms with Gasteiger partial charge in [-0.2, -0.15) is 0 Å². The van der Waals surface area contributed by atoms with Crippen LogP contribution in [-0.2, 0) is 9.59 Å². The standard InChI is InChI=1S/C17H29NO3/c1-10(2)12-6-4-5-7-15(12)18-16(19)13-8-11(3)9-14(13)17(20)21/h10-15H,4-9H2,1-3H3,(H,18,19)(H,20,21)/t11?,12?,13-,14+,15?/m0/s1. The highest BCUT2D eigenvalue weighted by molar-refractivity contribution is 5.85. The van der Waals surface area contributed by atoms with E-state index in [9.17, 15) is 14.7 Å². The zero-order chi connectivity index (χ0) is 15.6. The number of carboxylic acid groups (broad SMARTS) is 1. The molecule has 3 unspecified atom stereocenters. The van der Waals surface area contributed by atoms with Crippen molar-refractivity contribution in [2.45, 2.75) is 65.3 Å². The Labute approximate surface area is 127 Å². The number of rotatable bonds is 4. The highest BCUT2D eigenvalue weighted by atomic mass is 16.4. The zero-order valence-corrected chi connectivity index (χ0v) is 13.5. The molecular formula is C17H29NO3. The lowest BCUT2D eigenvalue weighted by molar-refractivity contribution is -0.146. The molecule has 2 aliphatic carbocycles. The van der Waals surface area contributed by atoms with Gasteiger partial charge in [-0.1, -0.05) is 33.6 Å². The van der Waals surface area contributed by atoms with Gasteiger partial charge in [0.05, 0.1) is 11.8 Å². The Bertz CT molecular complexity index is 393. The number of nitrogens with one attached hydrogen (secondary N) is 1. The molecule has 2 N–H and O–H groups in total. The van der Waals surface area contributed by atoms with Gasteiger partial charge in [-0.25, -0.2) is 0 Å². The number of carboxylic acids is 1. The second-order valence-corrected chi connectivity index (χ2v) is 7.44. The number of hydrogen-bond donors (Lipinski definition) is 2. The molecule has 4 heteroatoms. The predicted molar refractivity (Wildman–Crippen MR) is 81.7 cm³/mol. The van der Waals surface area contributed by atoms with Gasteiger partial charge in [0.1, 0.15) is 0 Å². The Hall–Kier alpha value is -1.06. The van der Waals surface area contributed by atoms with Crippen LogP contribution in [0.5, 0.6) is 0 Å². The van der Waals surface area contributed by atoms with E-state index in [-0.39, 0.29) is 17.9 Å². The lowest BCUT2D eigenvalue weighted by atomic mass is 9.77. The Morgan fingerprint density at radius 2 is 1.71 bits per heavy atom. The van der Waals surface area contributed by atoms with Gasteiger partial charge in [0, 0.05) is 6.04 Å². The largest absolute Gasteiger partial charge is 0.481 e. The third-order valence-electron chi connectivity index (χ3n) is 5.46. The van der Waals surface area contributed by atoms with Crippen LogP contribution in [0.2, 0.25) is 0 Å². The van der Waals surface area contributed by atoms with Gasteiger partial charge in [0.25, 0.3) is 0 Å². The molecule has 4 nitrogen and oxygen atoms in total. The molecule has 0 spiro atoms. The van der Waals surface area contributed by atoms with Crippen LogP contribution in [0.25, 0.3) is 0 Å². The highest BCUT2D eigenvalue weighted by Gasteiger charge is 2.42. The van der Waals surface area contributed by atoms with Crippen LogP contribution >= 0.6 is 0 Å². The van der Waals surface area contributed by atoms with Crippen molar-refractivity contribution in [3.63, 3.8) is 0 Å². The smallest absolute Gasteiger partial charge is 0.307 e. The van der Waals surface area contributed by atoms with Crippen LogP contribution in [0, 0.1) is 29.6 Å². The highest BCUT2D eigenvalue weighted by Crippen LogP contribution is 2.37. The first-order chi connectivity index (χ1) is 9.90. The van der Waals surface area contributed by atoms with Crippen molar-refractivity contribution in [3.8, 4) is 0 Å². The Kier molecular flexibility index (Phi) is 5.28. The fraction of sp³-hybridized carbons (Fsp3) is 0.882.